The number of rotatable bonds is 4. The molecule has 1 amide bonds. The molecule has 0 fully saturated rings. The van der Waals surface area contributed by atoms with Crippen molar-refractivity contribution in [3.63, 3.8) is 0 Å². The van der Waals surface area contributed by atoms with Crippen LogP contribution < -0.4 is 5.32 Å². The topological polar surface area (TPSA) is 99.5 Å². The van der Waals surface area contributed by atoms with E-state index in [0.29, 0.717) is 0 Å². The fraction of sp³-hybridized carbons (Fsp3) is 0.300. The lowest BCUT2D eigenvalue weighted by atomic mass is 10.1. The van der Waals surface area contributed by atoms with E-state index in [9.17, 15) is 14.0 Å². The molecule has 6 nitrogen and oxygen atoms in total. The van der Waals surface area contributed by atoms with Crippen LogP contribution >= 0.6 is 0 Å². The van der Waals surface area contributed by atoms with Crippen LogP contribution in [0.15, 0.2) is 18.5 Å². The molecule has 0 saturated carbocycles. The van der Waals surface area contributed by atoms with Crippen LogP contribution in [-0.2, 0) is 4.79 Å². The SMILES string of the molecule is CC(O)C(NC(=O)c1ccncc1F)C(=O)O. The zero-order valence-electron chi connectivity index (χ0n) is 8.92. The molecule has 1 heterocycles. The van der Waals surface area contributed by atoms with E-state index in [0.717, 1.165) is 12.3 Å². The average Bonchev–Trinajstić information content (AvgIpc) is 2.25. The molecular formula is C10H11FN2O4. The van der Waals surface area contributed by atoms with Gasteiger partial charge in [-0.05, 0) is 13.0 Å². The molecule has 0 aliphatic rings. The zero-order valence-corrected chi connectivity index (χ0v) is 8.92. The first-order valence-electron chi connectivity index (χ1n) is 4.74. The molecule has 0 aromatic carbocycles. The quantitative estimate of drug-likeness (QED) is 0.678. The fourth-order valence-electron chi connectivity index (χ4n) is 1.17. The van der Waals surface area contributed by atoms with Crippen molar-refractivity contribution in [2.24, 2.45) is 0 Å². The Kier molecular flexibility index (Phi) is 4.11. The standard InChI is InChI=1S/C10H11FN2O4/c1-5(14)8(10(16)17)13-9(15)6-2-3-12-4-7(6)11/h2-5,8,14H,1H3,(H,13,15)(H,16,17). The molecule has 2 atom stereocenters. The van der Waals surface area contributed by atoms with Gasteiger partial charge in [0.2, 0.25) is 0 Å². The summed E-state index contributed by atoms with van der Waals surface area (Å²) >= 11 is 0. The second-order valence-corrected chi connectivity index (χ2v) is 3.39. The smallest absolute Gasteiger partial charge is 0.328 e. The average molecular weight is 242 g/mol. The predicted molar refractivity (Wildman–Crippen MR) is 54.8 cm³/mol. The molecule has 17 heavy (non-hydrogen) atoms. The van der Waals surface area contributed by atoms with Crippen molar-refractivity contribution in [1.29, 1.82) is 0 Å². The number of nitrogens with one attached hydrogen (secondary N) is 1. The molecule has 0 aliphatic carbocycles. The molecule has 1 aromatic rings. The maximum Gasteiger partial charge on any atom is 0.328 e. The van der Waals surface area contributed by atoms with Crippen LogP contribution in [0.4, 0.5) is 4.39 Å². The third-order valence-corrected chi connectivity index (χ3v) is 2.05. The molecule has 0 radical (unpaired) electrons. The first kappa shape index (κ1) is 13.0. The van der Waals surface area contributed by atoms with E-state index < -0.39 is 29.8 Å². The van der Waals surface area contributed by atoms with Crippen molar-refractivity contribution in [1.82, 2.24) is 10.3 Å². The Bertz CT molecular complexity index is 436. The largest absolute Gasteiger partial charge is 0.480 e. The van der Waals surface area contributed by atoms with Crippen molar-refractivity contribution in [2.45, 2.75) is 19.1 Å². The lowest BCUT2D eigenvalue weighted by Crippen LogP contribution is -2.47. The summed E-state index contributed by atoms with van der Waals surface area (Å²) in [5, 5.41) is 19.9. The van der Waals surface area contributed by atoms with E-state index in [-0.39, 0.29) is 5.56 Å². The van der Waals surface area contributed by atoms with Crippen LogP contribution in [0.3, 0.4) is 0 Å². The number of aliphatic hydroxyl groups is 1. The molecule has 0 aliphatic heterocycles. The summed E-state index contributed by atoms with van der Waals surface area (Å²) in [6.07, 6.45) is 0.754. The highest BCUT2D eigenvalue weighted by Gasteiger charge is 2.26. The number of aromatic nitrogens is 1. The Morgan fingerprint density at radius 3 is 2.65 bits per heavy atom. The van der Waals surface area contributed by atoms with Crippen molar-refractivity contribution in [3.8, 4) is 0 Å². The van der Waals surface area contributed by atoms with E-state index in [1.807, 2.05) is 5.32 Å². The molecule has 0 spiro atoms. The monoisotopic (exact) mass is 242 g/mol. The number of hydrogen-bond donors (Lipinski definition) is 3. The number of hydrogen-bond acceptors (Lipinski definition) is 4. The first-order valence-corrected chi connectivity index (χ1v) is 4.74. The minimum absolute atomic E-state index is 0.327. The second-order valence-electron chi connectivity index (χ2n) is 3.39. The number of carbonyl (C=O) groups excluding carboxylic acids is 1. The van der Waals surface area contributed by atoms with Crippen LogP contribution in [0.1, 0.15) is 17.3 Å². The Morgan fingerprint density at radius 1 is 1.53 bits per heavy atom. The number of halogens is 1. The zero-order chi connectivity index (χ0) is 13.0. The minimum Gasteiger partial charge on any atom is -0.480 e. The number of carbonyl (C=O) groups is 2. The summed E-state index contributed by atoms with van der Waals surface area (Å²) < 4.78 is 13.2. The first-order chi connectivity index (χ1) is 7.93. The Labute approximate surface area is 96.1 Å². The third kappa shape index (κ3) is 3.22. The second kappa shape index (κ2) is 5.35. The number of amides is 1. The van der Waals surface area contributed by atoms with Gasteiger partial charge in [0, 0.05) is 6.20 Å². The lowest BCUT2D eigenvalue weighted by Gasteiger charge is -2.16. The van der Waals surface area contributed by atoms with Gasteiger partial charge in [0.05, 0.1) is 17.9 Å². The van der Waals surface area contributed by atoms with Crippen molar-refractivity contribution in [3.05, 3.63) is 29.8 Å². The summed E-state index contributed by atoms with van der Waals surface area (Å²) in [6, 6.07) is -0.374. The van der Waals surface area contributed by atoms with Gasteiger partial charge >= 0.3 is 5.97 Å². The highest BCUT2D eigenvalue weighted by atomic mass is 19.1. The van der Waals surface area contributed by atoms with Gasteiger partial charge in [0.25, 0.3) is 5.91 Å². The van der Waals surface area contributed by atoms with Gasteiger partial charge in [-0.2, -0.15) is 0 Å². The van der Waals surface area contributed by atoms with Gasteiger partial charge in [-0.25, -0.2) is 9.18 Å². The van der Waals surface area contributed by atoms with Crippen LogP contribution in [0.2, 0.25) is 0 Å². The normalized spacial score (nSPS) is 13.8. The lowest BCUT2D eigenvalue weighted by molar-refractivity contribution is -0.141. The maximum atomic E-state index is 13.2. The van der Waals surface area contributed by atoms with Crippen molar-refractivity contribution < 1.29 is 24.2 Å². The number of carboxylic acids is 1. The molecular weight excluding hydrogens is 231 g/mol. The van der Waals surface area contributed by atoms with Gasteiger partial charge in [0.15, 0.2) is 11.9 Å². The molecule has 2 unspecified atom stereocenters. The van der Waals surface area contributed by atoms with Gasteiger partial charge < -0.3 is 15.5 Å². The van der Waals surface area contributed by atoms with Gasteiger partial charge in [-0.15, -0.1) is 0 Å². The summed E-state index contributed by atoms with van der Waals surface area (Å²) in [7, 11) is 0. The number of aliphatic hydroxyl groups excluding tert-OH is 1. The Hall–Kier alpha value is -2.02. The maximum absolute atomic E-state index is 13.2. The van der Waals surface area contributed by atoms with Gasteiger partial charge in [0.1, 0.15) is 0 Å². The molecule has 0 bridgehead atoms. The fourth-order valence-corrected chi connectivity index (χ4v) is 1.17. The molecule has 7 heteroatoms. The molecule has 0 saturated heterocycles. The highest BCUT2D eigenvalue weighted by molar-refractivity contribution is 5.96. The van der Waals surface area contributed by atoms with Crippen LogP contribution in [0, 0.1) is 5.82 Å². The summed E-state index contributed by atoms with van der Waals surface area (Å²) in [6.45, 7) is 1.21. The number of aliphatic carboxylic acids is 1. The van der Waals surface area contributed by atoms with Crippen molar-refractivity contribution >= 4 is 11.9 Å². The summed E-state index contributed by atoms with van der Waals surface area (Å²) in [4.78, 5) is 25.7. The Morgan fingerprint density at radius 2 is 2.18 bits per heavy atom. The summed E-state index contributed by atoms with van der Waals surface area (Å²) in [5.74, 6) is -3.18. The number of carboxylic acid groups (broad SMARTS) is 1. The van der Waals surface area contributed by atoms with Crippen LogP contribution in [-0.4, -0.2) is 39.2 Å². The van der Waals surface area contributed by atoms with Gasteiger partial charge in [-0.3, -0.25) is 9.78 Å². The molecule has 1 aromatic heterocycles. The molecule has 3 N–H and O–H groups in total. The predicted octanol–water partition coefficient (Wildman–Crippen LogP) is -0.216. The summed E-state index contributed by atoms with van der Waals surface area (Å²) in [5.41, 5.74) is -0.327. The third-order valence-electron chi connectivity index (χ3n) is 2.05. The number of pyridine rings is 1. The van der Waals surface area contributed by atoms with E-state index in [2.05, 4.69) is 4.98 Å². The Balaban J connectivity index is 2.85. The molecule has 1 rings (SSSR count). The minimum atomic E-state index is -1.49. The highest BCUT2D eigenvalue weighted by Crippen LogP contribution is 2.05. The van der Waals surface area contributed by atoms with Gasteiger partial charge in [-0.1, -0.05) is 0 Å². The van der Waals surface area contributed by atoms with Crippen LogP contribution in [0.25, 0.3) is 0 Å². The van der Waals surface area contributed by atoms with Crippen LogP contribution in [0.5, 0.6) is 0 Å². The van der Waals surface area contributed by atoms with E-state index in [1.54, 1.807) is 0 Å². The van der Waals surface area contributed by atoms with E-state index in [1.165, 1.54) is 13.1 Å². The molecule has 92 valence electrons. The van der Waals surface area contributed by atoms with E-state index in [4.69, 9.17) is 10.2 Å². The number of nitrogens with zero attached hydrogens (tertiary/aromatic N) is 1. The van der Waals surface area contributed by atoms with E-state index >= 15 is 0 Å². The van der Waals surface area contributed by atoms with Crippen molar-refractivity contribution in [2.75, 3.05) is 0 Å².